The second-order valence-electron chi connectivity index (χ2n) is 6.09. The van der Waals surface area contributed by atoms with E-state index in [-0.39, 0.29) is 43.7 Å². The van der Waals surface area contributed by atoms with Crippen molar-refractivity contribution in [3.05, 3.63) is 76.6 Å². The number of hydrogen-bond donors (Lipinski definition) is 2. The summed E-state index contributed by atoms with van der Waals surface area (Å²) in [5.74, 6) is -1.60. The summed E-state index contributed by atoms with van der Waals surface area (Å²) in [7, 11) is -4.04. The van der Waals surface area contributed by atoms with Crippen LogP contribution in [0.2, 0.25) is 5.02 Å². The molecule has 0 fully saturated rings. The van der Waals surface area contributed by atoms with E-state index in [9.17, 15) is 22.9 Å². The molecule has 0 aliphatic rings. The number of amides is 1. The lowest BCUT2D eigenvalue weighted by atomic mass is 9.96. The number of primary amides is 1. The first-order chi connectivity index (χ1) is 14.1. The van der Waals surface area contributed by atoms with Crippen molar-refractivity contribution in [1.82, 2.24) is 0 Å². The van der Waals surface area contributed by atoms with E-state index in [1.165, 1.54) is 42.5 Å². The van der Waals surface area contributed by atoms with E-state index < -0.39 is 21.7 Å². The van der Waals surface area contributed by atoms with Gasteiger partial charge in [-0.1, -0.05) is 23.7 Å². The Bertz CT molecular complexity index is 1320. The third kappa shape index (κ3) is 4.26. The summed E-state index contributed by atoms with van der Waals surface area (Å²) in [6, 6.07) is 13.4. The Morgan fingerprint density at radius 1 is 1.13 bits per heavy atom. The molecule has 0 radical (unpaired) electrons. The van der Waals surface area contributed by atoms with Crippen molar-refractivity contribution in [2.24, 2.45) is 10.9 Å². The van der Waals surface area contributed by atoms with Crippen molar-refractivity contribution >= 4 is 27.5 Å². The van der Waals surface area contributed by atoms with E-state index in [2.05, 4.69) is 0 Å². The number of benzene rings is 3. The maximum atomic E-state index is 13.4. The van der Waals surface area contributed by atoms with Gasteiger partial charge in [-0.3, -0.25) is 4.79 Å². The van der Waals surface area contributed by atoms with Crippen molar-refractivity contribution < 1.29 is 22.3 Å². The van der Waals surface area contributed by atoms with Gasteiger partial charge in [0.1, 0.15) is 17.3 Å². The number of nitrogens with zero attached hydrogens (tertiary/aromatic N) is 1. The number of nitrogens with two attached hydrogens (primary N) is 2. The van der Waals surface area contributed by atoms with Crippen LogP contribution in [0, 0.1) is 17.1 Å². The number of carbonyl (C=O) groups is 1. The third-order valence-electron chi connectivity index (χ3n) is 4.10. The monoisotopic (exact) mass is 445 g/mol. The van der Waals surface area contributed by atoms with Gasteiger partial charge in [-0.2, -0.15) is 5.26 Å². The molecule has 0 unspecified atom stereocenters. The fraction of sp³-hybridized carbons (Fsp3) is 0. The van der Waals surface area contributed by atoms with Crippen molar-refractivity contribution in [2.45, 2.75) is 4.90 Å². The van der Waals surface area contributed by atoms with Crippen molar-refractivity contribution in [3.8, 4) is 28.7 Å². The Morgan fingerprint density at radius 3 is 2.47 bits per heavy atom. The zero-order chi connectivity index (χ0) is 22.1. The smallest absolute Gasteiger partial charge is 0.252 e. The molecule has 0 spiro atoms. The minimum absolute atomic E-state index is 0.000456. The second-order valence-corrected chi connectivity index (χ2v) is 8.06. The molecule has 0 aliphatic carbocycles. The number of primary sulfonamides is 1. The molecule has 0 aromatic heterocycles. The van der Waals surface area contributed by atoms with E-state index in [1.807, 2.05) is 6.07 Å². The molecular weight excluding hydrogens is 433 g/mol. The molecule has 7 nitrogen and oxygen atoms in total. The summed E-state index contributed by atoms with van der Waals surface area (Å²) < 4.78 is 42.7. The summed E-state index contributed by atoms with van der Waals surface area (Å²) in [6.07, 6.45) is 0. The van der Waals surface area contributed by atoms with Crippen molar-refractivity contribution in [1.29, 1.82) is 5.26 Å². The summed E-state index contributed by atoms with van der Waals surface area (Å²) >= 11 is 6.03. The molecule has 3 aromatic rings. The lowest BCUT2D eigenvalue weighted by Crippen LogP contribution is -2.14. The van der Waals surface area contributed by atoms with Crippen LogP contribution in [0.1, 0.15) is 15.9 Å². The number of hydrogen-bond acceptors (Lipinski definition) is 5. The predicted octanol–water partition coefficient (Wildman–Crippen LogP) is 3.56. The average Bonchev–Trinajstić information content (AvgIpc) is 2.68. The first kappa shape index (κ1) is 21.3. The largest absolute Gasteiger partial charge is 0.454 e. The molecule has 30 heavy (non-hydrogen) atoms. The highest BCUT2D eigenvalue weighted by atomic mass is 35.5. The standard InChI is InChI=1S/C20H13ClFN3O4S/c21-16-9-13(22)5-7-17(16)29-19-15(20(24)26)6-4-12(10-23)18(19)11-2-1-3-14(8-11)30(25,27)28/h1-9H,(H2,24,26)(H2,25,27,28). The van der Waals surface area contributed by atoms with Crippen LogP contribution in [0.15, 0.2) is 59.5 Å². The summed E-state index contributed by atoms with van der Waals surface area (Å²) in [4.78, 5) is 11.8. The number of nitriles is 1. The van der Waals surface area contributed by atoms with Crippen LogP contribution >= 0.6 is 11.6 Å². The molecule has 1 amide bonds. The Morgan fingerprint density at radius 2 is 1.87 bits per heavy atom. The topological polar surface area (TPSA) is 136 Å². The van der Waals surface area contributed by atoms with Crippen LogP contribution in [-0.2, 0) is 10.0 Å². The van der Waals surface area contributed by atoms with E-state index >= 15 is 0 Å². The molecule has 0 aliphatic heterocycles. The van der Waals surface area contributed by atoms with Crippen LogP contribution < -0.4 is 15.6 Å². The zero-order valence-corrected chi connectivity index (χ0v) is 16.7. The SMILES string of the molecule is N#Cc1ccc(C(N)=O)c(Oc2ccc(F)cc2Cl)c1-c1cccc(S(N)(=O)=O)c1. The number of ether oxygens (including phenoxy) is 1. The maximum Gasteiger partial charge on any atom is 0.252 e. The van der Waals surface area contributed by atoms with Crippen molar-refractivity contribution in [2.75, 3.05) is 0 Å². The number of rotatable bonds is 5. The summed E-state index contributed by atoms with van der Waals surface area (Å²) in [5.41, 5.74) is 5.76. The van der Waals surface area contributed by atoms with Crippen LogP contribution in [0.25, 0.3) is 11.1 Å². The van der Waals surface area contributed by atoms with Gasteiger partial charge < -0.3 is 10.5 Å². The van der Waals surface area contributed by atoms with Gasteiger partial charge in [0, 0.05) is 5.56 Å². The van der Waals surface area contributed by atoms with Gasteiger partial charge in [0.2, 0.25) is 10.0 Å². The fourth-order valence-electron chi connectivity index (χ4n) is 2.76. The molecule has 0 saturated heterocycles. The molecule has 3 rings (SSSR count). The Balaban J connectivity index is 2.33. The highest BCUT2D eigenvalue weighted by Crippen LogP contribution is 2.41. The normalized spacial score (nSPS) is 11.0. The summed E-state index contributed by atoms with van der Waals surface area (Å²) in [5, 5.41) is 14.7. The maximum absolute atomic E-state index is 13.4. The predicted molar refractivity (Wildman–Crippen MR) is 108 cm³/mol. The number of carbonyl (C=O) groups excluding carboxylic acids is 1. The van der Waals surface area contributed by atoms with Gasteiger partial charge in [-0.25, -0.2) is 17.9 Å². The van der Waals surface area contributed by atoms with Gasteiger partial charge in [0.25, 0.3) is 5.91 Å². The van der Waals surface area contributed by atoms with Gasteiger partial charge >= 0.3 is 0 Å². The summed E-state index contributed by atoms with van der Waals surface area (Å²) in [6.45, 7) is 0. The van der Waals surface area contributed by atoms with Crippen LogP contribution in [-0.4, -0.2) is 14.3 Å². The highest BCUT2D eigenvalue weighted by molar-refractivity contribution is 7.89. The number of sulfonamides is 1. The van der Waals surface area contributed by atoms with Gasteiger partial charge in [0.15, 0.2) is 0 Å². The quantitative estimate of drug-likeness (QED) is 0.618. The molecule has 0 saturated carbocycles. The highest BCUT2D eigenvalue weighted by Gasteiger charge is 2.22. The number of halogens is 2. The average molecular weight is 446 g/mol. The van der Waals surface area contributed by atoms with Crippen LogP contribution in [0.5, 0.6) is 11.5 Å². The molecule has 10 heteroatoms. The second kappa shape index (κ2) is 8.12. The Kier molecular flexibility index (Phi) is 5.75. The third-order valence-corrected chi connectivity index (χ3v) is 5.31. The lowest BCUT2D eigenvalue weighted by molar-refractivity contribution is 0.0998. The fourth-order valence-corrected chi connectivity index (χ4v) is 3.52. The molecular formula is C20H13ClFN3O4S. The lowest BCUT2D eigenvalue weighted by Gasteiger charge is -2.17. The van der Waals surface area contributed by atoms with E-state index in [4.69, 9.17) is 27.2 Å². The van der Waals surface area contributed by atoms with E-state index in [1.54, 1.807) is 0 Å². The molecule has 4 N–H and O–H groups in total. The molecule has 152 valence electrons. The van der Waals surface area contributed by atoms with Crippen LogP contribution in [0.3, 0.4) is 0 Å². The van der Waals surface area contributed by atoms with Crippen molar-refractivity contribution in [3.63, 3.8) is 0 Å². The Labute approximate surface area is 176 Å². The zero-order valence-electron chi connectivity index (χ0n) is 15.1. The molecule has 0 bridgehead atoms. The van der Waals surface area contributed by atoms with Gasteiger partial charge in [0.05, 0.1) is 27.1 Å². The van der Waals surface area contributed by atoms with E-state index in [0.29, 0.717) is 0 Å². The van der Waals surface area contributed by atoms with E-state index in [0.717, 1.165) is 12.1 Å². The van der Waals surface area contributed by atoms with Gasteiger partial charge in [-0.15, -0.1) is 0 Å². The molecule has 0 atom stereocenters. The minimum atomic E-state index is -4.04. The first-order valence-corrected chi connectivity index (χ1v) is 10.2. The molecule has 3 aromatic carbocycles. The first-order valence-electron chi connectivity index (χ1n) is 8.25. The Hall–Kier alpha value is -3.45. The van der Waals surface area contributed by atoms with Gasteiger partial charge in [-0.05, 0) is 48.0 Å². The molecule has 0 heterocycles. The minimum Gasteiger partial charge on any atom is -0.454 e. The van der Waals surface area contributed by atoms with Crippen LogP contribution in [0.4, 0.5) is 4.39 Å².